The monoisotopic (exact) mass is 369 g/mol. The number of nitrogens with one attached hydrogen (secondary N) is 2. The van der Waals surface area contributed by atoms with Crippen LogP contribution in [0.15, 0.2) is 29.4 Å². The Balaban J connectivity index is 1.31. The second-order valence-electron chi connectivity index (χ2n) is 8.76. The van der Waals surface area contributed by atoms with E-state index in [0.717, 1.165) is 37.0 Å². The van der Waals surface area contributed by atoms with E-state index in [2.05, 4.69) is 15.8 Å². The second kappa shape index (κ2) is 6.98. The van der Waals surface area contributed by atoms with Gasteiger partial charge in [0.05, 0.1) is 6.42 Å². The minimum absolute atomic E-state index is 0.00305. The molecule has 2 amide bonds. The molecule has 0 spiro atoms. The minimum atomic E-state index is -0.410. The van der Waals surface area contributed by atoms with E-state index in [1.54, 1.807) is 19.1 Å². The fraction of sp³-hybridized carbons (Fsp3) is 0.571. The number of hydrogen-bond acceptors (Lipinski definition) is 4. The van der Waals surface area contributed by atoms with Crippen molar-refractivity contribution < 1.29 is 14.7 Å². The van der Waals surface area contributed by atoms with Gasteiger partial charge in [-0.05, 0) is 81.4 Å². The number of carbonyl (C=O) groups excluding carboxylic acids is 2. The van der Waals surface area contributed by atoms with Gasteiger partial charge in [0.1, 0.15) is 5.75 Å². The number of nitrogens with zero attached hydrogens (tertiary/aromatic N) is 1. The molecule has 1 aromatic rings. The van der Waals surface area contributed by atoms with Crippen LogP contribution in [0.1, 0.15) is 62.2 Å². The van der Waals surface area contributed by atoms with Crippen LogP contribution in [0.3, 0.4) is 0 Å². The number of rotatable bonds is 5. The van der Waals surface area contributed by atoms with Gasteiger partial charge in [0.25, 0.3) is 5.91 Å². The van der Waals surface area contributed by atoms with E-state index in [1.165, 1.54) is 31.4 Å². The van der Waals surface area contributed by atoms with Crippen molar-refractivity contribution in [3.8, 4) is 5.75 Å². The molecule has 0 heterocycles. The molecule has 6 heteroatoms. The third-order valence-electron chi connectivity index (χ3n) is 6.32. The van der Waals surface area contributed by atoms with E-state index < -0.39 is 5.91 Å². The highest BCUT2D eigenvalue weighted by Gasteiger charge is 2.51. The third-order valence-corrected chi connectivity index (χ3v) is 6.32. The van der Waals surface area contributed by atoms with Crippen LogP contribution >= 0.6 is 0 Å². The summed E-state index contributed by atoms with van der Waals surface area (Å²) in [5.74, 6) is 1.96. The normalized spacial score (nSPS) is 31.6. The first-order chi connectivity index (χ1) is 12.9. The van der Waals surface area contributed by atoms with E-state index in [9.17, 15) is 14.7 Å². The molecule has 144 valence electrons. The molecule has 5 rings (SSSR count). The lowest BCUT2D eigenvalue weighted by Crippen LogP contribution is -2.60. The Bertz CT molecular complexity index is 751. The zero-order valence-corrected chi connectivity index (χ0v) is 15.7. The Morgan fingerprint density at radius 2 is 1.78 bits per heavy atom. The summed E-state index contributed by atoms with van der Waals surface area (Å²) in [4.78, 5) is 24.6. The Hall–Kier alpha value is -2.37. The van der Waals surface area contributed by atoms with Crippen molar-refractivity contribution in [1.29, 1.82) is 0 Å². The molecule has 1 aromatic carbocycles. The zero-order valence-electron chi connectivity index (χ0n) is 15.7. The molecule has 0 unspecified atom stereocenters. The Morgan fingerprint density at radius 1 is 1.15 bits per heavy atom. The molecule has 4 aliphatic rings. The first kappa shape index (κ1) is 18.0. The van der Waals surface area contributed by atoms with Crippen molar-refractivity contribution in [2.24, 2.45) is 22.9 Å². The van der Waals surface area contributed by atoms with Gasteiger partial charge in [0.15, 0.2) is 0 Å². The van der Waals surface area contributed by atoms with Crippen LogP contribution < -0.4 is 10.7 Å². The summed E-state index contributed by atoms with van der Waals surface area (Å²) < 4.78 is 0. The standard InChI is InChI=1S/C21H27N3O3/c1-13(23-24-20(27)17-3-2-4-18(25)9-17)5-19(26)22-21-10-14-6-15(11-21)8-16(7-14)12-21/h2-4,9,14-16,25H,5-8,10-12H2,1H3,(H,22,26)(H,24,27). The van der Waals surface area contributed by atoms with Crippen molar-refractivity contribution in [3.63, 3.8) is 0 Å². The molecule has 6 nitrogen and oxygen atoms in total. The van der Waals surface area contributed by atoms with Crippen LogP contribution in [0.2, 0.25) is 0 Å². The van der Waals surface area contributed by atoms with Gasteiger partial charge in [-0.3, -0.25) is 9.59 Å². The second-order valence-corrected chi connectivity index (χ2v) is 8.76. The average molecular weight is 369 g/mol. The van der Waals surface area contributed by atoms with E-state index in [0.29, 0.717) is 11.3 Å². The van der Waals surface area contributed by atoms with Crippen molar-refractivity contribution in [2.75, 3.05) is 0 Å². The largest absolute Gasteiger partial charge is 0.508 e. The molecule has 0 aromatic heterocycles. The Kier molecular flexibility index (Phi) is 4.66. The van der Waals surface area contributed by atoms with Crippen LogP contribution in [0.4, 0.5) is 0 Å². The Labute approximate surface area is 159 Å². The van der Waals surface area contributed by atoms with Gasteiger partial charge in [-0.25, -0.2) is 5.43 Å². The summed E-state index contributed by atoms with van der Waals surface area (Å²) in [6.07, 6.45) is 7.58. The quantitative estimate of drug-likeness (QED) is 0.550. The first-order valence-electron chi connectivity index (χ1n) is 9.84. The lowest BCUT2D eigenvalue weighted by atomic mass is 9.53. The van der Waals surface area contributed by atoms with Gasteiger partial charge in [0, 0.05) is 16.8 Å². The molecule has 4 aliphatic carbocycles. The molecule has 4 bridgehead atoms. The van der Waals surface area contributed by atoms with Crippen LogP contribution in [0.5, 0.6) is 5.75 Å². The van der Waals surface area contributed by atoms with Crippen LogP contribution in [0, 0.1) is 17.8 Å². The summed E-state index contributed by atoms with van der Waals surface area (Å²) in [7, 11) is 0. The smallest absolute Gasteiger partial charge is 0.271 e. The number of phenolic OH excluding ortho intramolecular Hbond substituents is 1. The van der Waals surface area contributed by atoms with Crippen LogP contribution in [-0.4, -0.2) is 28.2 Å². The summed E-state index contributed by atoms with van der Waals surface area (Å²) in [5, 5.41) is 16.8. The van der Waals surface area contributed by atoms with Gasteiger partial charge in [-0.2, -0.15) is 5.10 Å². The number of hydrogen-bond donors (Lipinski definition) is 3. The van der Waals surface area contributed by atoms with Crippen LogP contribution in [-0.2, 0) is 4.79 Å². The maximum absolute atomic E-state index is 12.6. The molecule has 4 fully saturated rings. The number of carbonyl (C=O) groups is 2. The summed E-state index contributed by atoms with van der Waals surface area (Å²) in [6, 6.07) is 6.07. The molecule has 0 radical (unpaired) electrons. The predicted molar refractivity (Wildman–Crippen MR) is 102 cm³/mol. The molecular formula is C21H27N3O3. The molecule has 0 aliphatic heterocycles. The van der Waals surface area contributed by atoms with E-state index in [1.807, 2.05) is 0 Å². The highest BCUT2D eigenvalue weighted by atomic mass is 16.3. The van der Waals surface area contributed by atoms with Crippen LogP contribution in [0.25, 0.3) is 0 Å². The van der Waals surface area contributed by atoms with E-state index >= 15 is 0 Å². The van der Waals surface area contributed by atoms with Gasteiger partial charge >= 0.3 is 0 Å². The zero-order chi connectivity index (χ0) is 19.0. The van der Waals surface area contributed by atoms with Crippen molar-refractivity contribution in [3.05, 3.63) is 29.8 Å². The van der Waals surface area contributed by atoms with Gasteiger partial charge in [0.2, 0.25) is 5.91 Å². The third kappa shape index (κ3) is 3.99. The number of phenols is 1. The molecule has 4 saturated carbocycles. The van der Waals surface area contributed by atoms with Gasteiger partial charge in [-0.15, -0.1) is 0 Å². The minimum Gasteiger partial charge on any atom is -0.508 e. The number of amides is 2. The number of hydrazone groups is 1. The first-order valence-corrected chi connectivity index (χ1v) is 9.84. The van der Waals surface area contributed by atoms with Gasteiger partial charge in [-0.1, -0.05) is 6.07 Å². The van der Waals surface area contributed by atoms with E-state index in [4.69, 9.17) is 0 Å². The Morgan fingerprint density at radius 3 is 2.37 bits per heavy atom. The molecular weight excluding hydrogens is 342 g/mol. The highest BCUT2D eigenvalue weighted by molar-refractivity contribution is 6.01. The topological polar surface area (TPSA) is 90.8 Å². The predicted octanol–water partition coefficient (Wildman–Crippen LogP) is 2.97. The summed E-state index contributed by atoms with van der Waals surface area (Å²) in [6.45, 7) is 1.74. The average Bonchev–Trinajstić information content (AvgIpc) is 2.57. The summed E-state index contributed by atoms with van der Waals surface area (Å²) >= 11 is 0. The fourth-order valence-electron chi connectivity index (χ4n) is 5.73. The number of benzene rings is 1. The molecule has 27 heavy (non-hydrogen) atoms. The lowest BCUT2D eigenvalue weighted by Gasteiger charge is -2.56. The lowest BCUT2D eigenvalue weighted by molar-refractivity contribution is -0.125. The molecule has 3 N–H and O–H groups in total. The maximum atomic E-state index is 12.6. The highest BCUT2D eigenvalue weighted by Crippen LogP contribution is 2.55. The van der Waals surface area contributed by atoms with Crippen molar-refractivity contribution >= 4 is 17.5 Å². The number of aromatic hydroxyl groups is 1. The molecule has 0 atom stereocenters. The van der Waals surface area contributed by atoms with Gasteiger partial charge < -0.3 is 10.4 Å². The summed E-state index contributed by atoms with van der Waals surface area (Å²) in [5.41, 5.74) is 3.33. The van der Waals surface area contributed by atoms with E-state index in [-0.39, 0.29) is 23.6 Å². The SMILES string of the molecule is CC(CC(=O)NC12CC3CC(CC(C3)C1)C2)=NNC(=O)c1cccc(O)c1. The maximum Gasteiger partial charge on any atom is 0.271 e. The molecule has 0 saturated heterocycles. The van der Waals surface area contributed by atoms with Crippen molar-refractivity contribution in [1.82, 2.24) is 10.7 Å². The van der Waals surface area contributed by atoms with Crippen molar-refractivity contribution in [2.45, 2.75) is 57.4 Å². The fourth-order valence-corrected chi connectivity index (χ4v) is 5.73.